The summed E-state index contributed by atoms with van der Waals surface area (Å²) in [6, 6.07) is 14.1. The van der Waals surface area contributed by atoms with Crippen LogP contribution in [0.25, 0.3) is 28.1 Å². The summed E-state index contributed by atoms with van der Waals surface area (Å²) in [4.78, 5) is 15.6. The quantitative estimate of drug-likeness (QED) is 0.499. The van der Waals surface area contributed by atoms with Crippen LogP contribution in [-0.4, -0.2) is 38.5 Å². The fourth-order valence-electron chi connectivity index (χ4n) is 3.86. The first kappa shape index (κ1) is 21.2. The summed E-state index contributed by atoms with van der Waals surface area (Å²) in [5.41, 5.74) is 4.43. The Balaban J connectivity index is 1.79. The topological polar surface area (TPSA) is 90.7 Å². The van der Waals surface area contributed by atoms with Crippen molar-refractivity contribution >= 4 is 22.9 Å². The number of aromatic nitrogens is 1. The van der Waals surface area contributed by atoms with Crippen molar-refractivity contribution in [2.24, 2.45) is 0 Å². The number of carboxylic acids is 1. The molecular formula is C25H24FNO4. The number of carboxylic acid groups (broad SMARTS) is 1. The van der Waals surface area contributed by atoms with Crippen LogP contribution in [0.4, 0.5) is 4.39 Å². The summed E-state index contributed by atoms with van der Waals surface area (Å²) in [6.07, 6.45) is 2.80. The first-order chi connectivity index (χ1) is 14.9. The molecule has 0 unspecified atom stereocenters. The van der Waals surface area contributed by atoms with Gasteiger partial charge in [0.25, 0.3) is 0 Å². The van der Waals surface area contributed by atoms with E-state index in [0.717, 1.165) is 46.1 Å². The van der Waals surface area contributed by atoms with Crippen LogP contribution in [0.15, 0.2) is 54.6 Å². The molecule has 0 saturated heterocycles. The molecule has 0 amide bonds. The molecule has 0 spiro atoms. The van der Waals surface area contributed by atoms with E-state index in [4.69, 9.17) is 10.1 Å². The maximum Gasteiger partial charge on any atom is 0.305 e. The number of pyridine rings is 1. The van der Waals surface area contributed by atoms with Crippen LogP contribution in [0, 0.1) is 5.82 Å². The highest BCUT2D eigenvalue weighted by Crippen LogP contribution is 2.45. The zero-order chi connectivity index (χ0) is 22.0. The Morgan fingerprint density at radius 2 is 1.84 bits per heavy atom. The number of aliphatic hydroxyl groups is 2. The first-order valence-corrected chi connectivity index (χ1v) is 10.4. The van der Waals surface area contributed by atoms with Crippen LogP contribution in [0.2, 0.25) is 0 Å². The van der Waals surface area contributed by atoms with Gasteiger partial charge in [-0.2, -0.15) is 0 Å². The third-order valence-corrected chi connectivity index (χ3v) is 5.47. The number of halogens is 1. The molecule has 2 aromatic carbocycles. The fraction of sp³-hybridized carbons (Fsp3) is 0.280. The van der Waals surface area contributed by atoms with E-state index < -0.39 is 24.6 Å². The van der Waals surface area contributed by atoms with Crippen LogP contribution >= 0.6 is 0 Å². The number of carbonyl (C=O) groups is 1. The molecule has 5 nitrogen and oxygen atoms in total. The highest BCUT2D eigenvalue weighted by atomic mass is 18.2. The molecule has 1 heterocycles. The maximum absolute atomic E-state index is 13.6. The standard InChI is InChI=1S/C25H24FNO4/c26-17-9-7-15(8-10-17)24-20-3-1-2-4-22(20)27-25(16-5-6-16)21(24)12-11-18(28)13-19(29)14-23(30)31/h1-4,7-12,16,18-19,28-29H,5-6,13-14H2,(H,30,31)/b12-11+/t18-,19-/m1/s1/i26-1. The zero-order valence-corrected chi connectivity index (χ0v) is 16.9. The van der Waals surface area contributed by atoms with Crippen LogP contribution in [0.3, 0.4) is 0 Å². The number of fused-ring (bicyclic) bond motifs is 1. The Morgan fingerprint density at radius 1 is 1.13 bits per heavy atom. The third kappa shape index (κ3) is 4.98. The van der Waals surface area contributed by atoms with Crippen molar-refractivity contribution in [2.45, 2.75) is 43.8 Å². The number of hydrogen-bond acceptors (Lipinski definition) is 4. The third-order valence-electron chi connectivity index (χ3n) is 5.47. The van der Waals surface area contributed by atoms with Crippen LogP contribution in [0.5, 0.6) is 0 Å². The minimum Gasteiger partial charge on any atom is -0.481 e. The molecule has 1 aromatic heterocycles. The van der Waals surface area contributed by atoms with Gasteiger partial charge < -0.3 is 15.3 Å². The molecule has 4 rings (SSSR count). The lowest BCUT2D eigenvalue weighted by molar-refractivity contribution is -0.139. The number of para-hydroxylation sites is 1. The smallest absolute Gasteiger partial charge is 0.305 e. The van der Waals surface area contributed by atoms with Gasteiger partial charge in [-0.15, -0.1) is 0 Å². The monoisotopic (exact) mass is 420 g/mol. The van der Waals surface area contributed by atoms with E-state index in [9.17, 15) is 19.4 Å². The summed E-state index contributed by atoms with van der Waals surface area (Å²) in [5, 5.41) is 29.9. The summed E-state index contributed by atoms with van der Waals surface area (Å²) in [5.74, 6) is -1.10. The minimum absolute atomic E-state index is 0.0749. The highest BCUT2D eigenvalue weighted by molar-refractivity contribution is 5.99. The Hall–Kier alpha value is -3.09. The number of nitrogens with zero attached hydrogens (tertiary/aromatic N) is 1. The fourth-order valence-corrected chi connectivity index (χ4v) is 3.86. The summed E-state index contributed by atoms with van der Waals surface area (Å²) < 4.78 is 13.6. The zero-order valence-electron chi connectivity index (χ0n) is 16.9. The molecule has 0 aliphatic heterocycles. The van der Waals surface area contributed by atoms with Crippen LogP contribution in [0.1, 0.15) is 42.9 Å². The Morgan fingerprint density at radius 3 is 2.52 bits per heavy atom. The summed E-state index contributed by atoms with van der Waals surface area (Å²) >= 11 is 0. The lowest BCUT2D eigenvalue weighted by atomic mass is 9.92. The van der Waals surface area contributed by atoms with Gasteiger partial charge in [0, 0.05) is 28.9 Å². The number of aliphatic hydroxyl groups excluding tert-OH is 2. The molecule has 3 aromatic rings. The number of benzene rings is 2. The lowest BCUT2D eigenvalue weighted by Crippen LogP contribution is -2.19. The van der Waals surface area contributed by atoms with Gasteiger partial charge in [0.1, 0.15) is 5.82 Å². The number of rotatable bonds is 8. The van der Waals surface area contributed by atoms with Crippen molar-refractivity contribution in [2.75, 3.05) is 0 Å². The molecule has 1 fully saturated rings. The molecule has 2 atom stereocenters. The van der Waals surface area contributed by atoms with E-state index in [0.29, 0.717) is 5.92 Å². The van der Waals surface area contributed by atoms with Gasteiger partial charge in [-0.3, -0.25) is 9.78 Å². The molecule has 160 valence electrons. The predicted molar refractivity (Wildman–Crippen MR) is 117 cm³/mol. The second kappa shape index (κ2) is 8.96. The van der Waals surface area contributed by atoms with Gasteiger partial charge in [-0.25, -0.2) is 4.39 Å². The van der Waals surface area contributed by atoms with Gasteiger partial charge in [0.05, 0.1) is 29.8 Å². The summed E-state index contributed by atoms with van der Waals surface area (Å²) in [7, 11) is 0. The molecule has 3 N–H and O–H groups in total. The predicted octanol–water partition coefficient (Wildman–Crippen LogP) is 4.52. The molecule has 1 saturated carbocycles. The average molecular weight is 420 g/mol. The SMILES string of the molecule is O=C(O)C[C@H](O)C[C@H](O)/C=C/c1c(C2CC2)nc2ccccc2c1-c1ccc([18F])cc1. The van der Waals surface area contributed by atoms with Gasteiger partial charge >= 0.3 is 5.97 Å². The molecule has 1 aliphatic carbocycles. The normalized spacial score (nSPS) is 16.0. The van der Waals surface area contributed by atoms with E-state index in [2.05, 4.69) is 0 Å². The molecule has 0 radical (unpaired) electrons. The number of hydrogen-bond donors (Lipinski definition) is 3. The van der Waals surface area contributed by atoms with Crippen molar-refractivity contribution in [1.82, 2.24) is 4.98 Å². The van der Waals surface area contributed by atoms with Gasteiger partial charge in [-0.1, -0.05) is 42.5 Å². The molecule has 6 heteroatoms. The van der Waals surface area contributed by atoms with Gasteiger partial charge in [-0.05, 0) is 36.6 Å². The Bertz CT molecular complexity index is 1120. The number of aliphatic carboxylic acids is 1. The van der Waals surface area contributed by atoms with E-state index in [1.54, 1.807) is 24.3 Å². The Labute approximate surface area is 179 Å². The van der Waals surface area contributed by atoms with E-state index in [1.165, 1.54) is 12.1 Å². The van der Waals surface area contributed by atoms with Crippen molar-refractivity contribution in [3.63, 3.8) is 0 Å². The maximum atomic E-state index is 13.6. The largest absolute Gasteiger partial charge is 0.481 e. The van der Waals surface area contributed by atoms with Crippen LogP contribution < -0.4 is 0 Å². The molecular weight excluding hydrogens is 396 g/mol. The minimum atomic E-state index is -1.13. The Kier molecular flexibility index (Phi) is 6.11. The first-order valence-electron chi connectivity index (χ1n) is 10.4. The molecule has 1 aliphatic rings. The van der Waals surface area contributed by atoms with E-state index in [-0.39, 0.29) is 12.2 Å². The lowest BCUT2D eigenvalue weighted by Gasteiger charge is -2.16. The van der Waals surface area contributed by atoms with Crippen molar-refractivity contribution in [3.05, 3.63) is 71.7 Å². The molecule has 31 heavy (non-hydrogen) atoms. The van der Waals surface area contributed by atoms with E-state index >= 15 is 0 Å². The summed E-state index contributed by atoms with van der Waals surface area (Å²) in [6.45, 7) is 0. The second-order valence-corrected chi connectivity index (χ2v) is 8.00. The van der Waals surface area contributed by atoms with Crippen LogP contribution in [-0.2, 0) is 4.79 Å². The van der Waals surface area contributed by atoms with E-state index in [1.807, 2.05) is 24.3 Å². The highest BCUT2D eigenvalue weighted by Gasteiger charge is 2.29. The second-order valence-electron chi connectivity index (χ2n) is 8.00. The van der Waals surface area contributed by atoms with Crippen molar-refractivity contribution in [3.8, 4) is 11.1 Å². The van der Waals surface area contributed by atoms with Gasteiger partial charge in [0.2, 0.25) is 0 Å². The van der Waals surface area contributed by atoms with Crippen molar-refractivity contribution < 1.29 is 24.5 Å². The molecule has 0 bridgehead atoms. The average Bonchev–Trinajstić information content (AvgIpc) is 3.56. The van der Waals surface area contributed by atoms with Gasteiger partial charge in [0.15, 0.2) is 0 Å². The van der Waals surface area contributed by atoms with Crippen molar-refractivity contribution in [1.29, 1.82) is 0 Å².